The van der Waals surface area contributed by atoms with Crippen molar-refractivity contribution in [2.75, 3.05) is 7.05 Å². The van der Waals surface area contributed by atoms with E-state index in [1.54, 1.807) is 7.05 Å². The Morgan fingerprint density at radius 1 is 0.697 bits per heavy atom. The van der Waals surface area contributed by atoms with Crippen molar-refractivity contribution in [2.24, 2.45) is 9.26 Å². The predicted octanol–water partition coefficient (Wildman–Crippen LogP) is 8.28. The molecule has 0 saturated heterocycles. The first-order valence-electron chi connectivity index (χ1n) is 10.6. The zero-order valence-electron chi connectivity index (χ0n) is 18.3. The summed E-state index contributed by atoms with van der Waals surface area (Å²) in [5.74, 6) is 2.59. The van der Waals surface area contributed by atoms with Gasteiger partial charge < -0.3 is 18.1 Å². The van der Waals surface area contributed by atoms with E-state index in [1.807, 2.05) is 103 Å². The number of hydrogen-bond acceptors (Lipinski definition) is 5. The average Bonchev–Trinajstić information content (AvgIpc) is 2.86. The molecule has 170 valence electrons. The minimum atomic E-state index is -3.17. The van der Waals surface area contributed by atoms with Crippen molar-refractivity contribution in [1.29, 1.82) is 0 Å². The van der Waals surface area contributed by atoms with Gasteiger partial charge in [0.2, 0.25) is 0 Å². The standard InChI is InChI=1S/C25H26N2O4P2/c1-26-33(30-24-18-10-4-11-19-24,31-25-20-12-5-13-21-25)27-32(28-22-14-6-2-7-15-22)29-23-16-8-3-9-17-23/h2-4,6-12,14-21,32H,5,13H2,1H3. The van der Waals surface area contributed by atoms with E-state index in [1.165, 1.54) is 0 Å². The van der Waals surface area contributed by atoms with Crippen molar-refractivity contribution in [1.82, 2.24) is 0 Å². The lowest BCUT2D eigenvalue weighted by atomic mass is 10.2. The Morgan fingerprint density at radius 2 is 1.24 bits per heavy atom. The lowest BCUT2D eigenvalue weighted by Crippen LogP contribution is -1.99. The summed E-state index contributed by atoms with van der Waals surface area (Å²) < 4.78 is 34.4. The second-order valence-corrected chi connectivity index (χ2v) is 10.5. The molecule has 0 amide bonds. The Morgan fingerprint density at radius 3 is 1.73 bits per heavy atom. The van der Waals surface area contributed by atoms with Crippen LogP contribution in [0.15, 0.2) is 124 Å². The van der Waals surface area contributed by atoms with E-state index in [2.05, 4.69) is 10.8 Å². The third kappa shape index (κ3) is 6.89. The molecule has 0 aromatic heterocycles. The molecule has 6 nitrogen and oxygen atoms in total. The largest absolute Gasteiger partial charge is 0.448 e. The fourth-order valence-corrected chi connectivity index (χ4v) is 6.50. The van der Waals surface area contributed by atoms with Gasteiger partial charge in [-0.25, -0.2) is 4.74 Å². The van der Waals surface area contributed by atoms with Crippen molar-refractivity contribution in [3.63, 3.8) is 0 Å². The first-order chi connectivity index (χ1) is 16.2. The monoisotopic (exact) mass is 480 g/mol. The first-order valence-corrected chi connectivity index (χ1v) is 13.4. The van der Waals surface area contributed by atoms with Crippen LogP contribution in [0.4, 0.5) is 0 Å². The van der Waals surface area contributed by atoms with Gasteiger partial charge >= 0.3 is 15.8 Å². The van der Waals surface area contributed by atoms with Gasteiger partial charge in [0, 0.05) is 7.05 Å². The summed E-state index contributed by atoms with van der Waals surface area (Å²) in [6.07, 6.45) is 7.87. The maximum atomic E-state index is 6.33. The molecule has 3 aromatic rings. The highest BCUT2D eigenvalue weighted by atomic mass is 31.2. The van der Waals surface area contributed by atoms with Crippen LogP contribution in [0, 0.1) is 0 Å². The van der Waals surface area contributed by atoms with Crippen molar-refractivity contribution in [3.05, 3.63) is 115 Å². The fourth-order valence-electron chi connectivity index (χ4n) is 2.94. The predicted molar refractivity (Wildman–Crippen MR) is 135 cm³/mol. The van der Waals surface area contributed by atoms with Crippen LogP contribution in [0.5, 0.6) is 17.2 Å². The van der Waals surface area contributed by atoms with E-state index >= 15 is 0 Å². The van der Waals surface area contributed by atoms with Gasteiger partial charge in [0.15, 0.2) is 0 Å². The minimum Gasteiger partial charge on any atom is -0.432 e. The lowest BCUT2D eigenvalue weighted by molar-refractivity contribution is 0.400. The Kier molecular flexibility index (Phi) is 8.08. The molecule has 0 heterocycles. The first kappa shape index (κ1) is 23.0. The molecule has 0 aliphatic heterocycles. The van der Waals surface area contributed by atoms with Crippen molar-refractivity contribution in [2.45, 2.75) is 12.8 Å². The maximum absolute atomic E-state index is 6.33. The number of para-hydroxylation sites is 3. The highest BCUT2D eigenvalue weighted by Crippen LogP contribution is 2.59. The molecule has 1 unspecified atom stereocenters. The molecule has 1 aliphatic carbocycles. The molecule has 3 aromatic carbocycles. The summed E-state index contributed by atoms with van der Waals surface area (Å²) in [5.41, 5.74) is 0. The number of nitrogens with zero attached hydrogens (tertiary/aromatic N) is 2. The summed E-state index contributed by atoms with van der Waals surface area (Å²) in [4.78, 5) is 0. The molecule has 4 rings (SSSR count). The summed E-state index contributed by atoms with van der Waals surface area (Å²) >= 11 is 0. The van der Waals surface area contributed by atoms with Crippen LogP contribution in [0.2, 0.25) is 0 Å². The average molecular weight is 480 g/mol. The lowest BCUT2D eigenvalue weighted by Gasteiger charge is -2.23. The molecular formula is C25H26N2O4P2. The minimum absolute atomic E-state index is 0.612. The zero-order valence-corrected chi connectivity index (χ0v) is 20.2. The smallest absolute Gasteiger partial charge is 0.432 e. The zero-order chi connectivity index (χ0) is 22.8. The van der Waals surface area contributed by atoms with Crippen molar-refractivity contribution < 1.29 is 18.1 Å². The molecule has 33 heavy (non-hydrogen) atoms. The van der Waals surface area contributed by atoms with E-state index in [0.717, 1.165) is 12.8 Å². The van der Waals surface area contributed by atoms with Gasteiger partial charge in [-0.1, -0.05) is 60.7 Å². The van der Waals surface area contributed by atoms with Gasteiger partial charge in [0.1, 0.15) is 23.0 Å². The molecular weight excluding hydrogens is 454 g/mol. The molecule has 0 saturated carbocycles. The summed E-state index contributed by atoms with van der Waals surface area (Å²) in [7, 11) is -3.83. The van der Waals surface area contributed by atoms with Gasteiger partial charge in [0.25, 0.3) is 0 Å². The fraction of sp³-hybridized carbons (Fsp3) is 0.120. The van der Waals surface area contributed by atoms with Crippen molar-refractivity contribution in [3.8, 4) is 17.2 Å². The molecule has 0 radical (unpaired) electrons. The second kappa shape index (κ2) is 11.6. The maximum Gasteiger partial charge on any atom is 0.448 e. The van der Waals surface area contributed by atoms with E-state index < -0.39 is 15.8 Å². The highest BCUT2D eigenvalue weighted by Gasteiger charge is 2.27. The number of allylic oxidation sites excluding steroid dienone is 3. The normalized spacial score (nSPS) is 14.5. The Labute approximate surface area is 195 Å². The Bertz CT molecular complexity index is 1140. The van der Waals surface area contributed by atoms with Gasteiger partial charge in [-0.3, -0.25) is 0 Å². The van der Waals surface area contributed by atoms with Crippen LogP contribution in [0.1, 0.15) is 12.8 Å². The molecule has 0 fully saturated rings. The highest BCUT2D eigenvalue weighted by molar-refractivity contribution is 7.61. The van der Waals surface area contributed by atoms with Gasteiger partial charge in [-0.15, -0.1) is 4.52 Å². The summed E-state index contributed by atoms with van der Waals surface area (Å²) in [6.45, 7) is 0. The van der Waals surface area contributed by atoms with Gasteiger partial charge in [0.05, 0.1) is 0 Å². The van der Waals surface area contributed by atoms with E-state index in [-0.39, 0.29) is 0 Å². The van der Waals surface area contributed by atoms with Crippen molar-refractivity contribution >= 4 is 15.8 Å². The number of benzene rings is 3. The topological polar surface area (TPSA) is 61.6 Å². The van der Waals surface area contributed by atoms with E-state index in [4.69, 9.17) is 22.6 Å². The van der Waals surface area contributed by atoms with Crippen LogP contribution < -0.4 is 13.6 Å². The van der Waals surface area contributed by atoms with Crippen LogP contribution in [-0.2, 0) is 4.52 Å². The molecule has 8 heteroatoms. The van der Waals surface area contributed by atoms with Crippen LogP contribution in [-0.4, -0.2) is 7.05 Å². The molecule has 0 N–H and O–H groups in total. The van der Waals surface area contributed by atoms with Crippen LogP contribution in [0.25, 0.3) is 0 Å². The summed E-state index contributed by atoms with van der Waals surface area (Å²) in [6, 6.07) is 28.3. The third-order valence-electron chi connectivity index (χ3n) is 4.51. The van der Waals surface area contributed by atoms with E-state index in [9.17, 15) is 0 Å². The second-order valence-electron chi connectivity index (χ2n) is 6.97. The Balaban J connectivity index is 1.75. The van der Waals surface area contributed by atoms with Gasteiger partial charge in [-0.05, 0) is 61.4 Å². The van der Waals surface area contributed by atoms with Crippen LogP contribution in [0.3, 0.4) is 0 Å². The quantitative estimate of drug-likeness (QED) is 0.289. The van der Waals surface area contributed by atoms with Gasteiger partial charge in [-0.2, -0.15) is 0 Å². The van der Waals surface area contributed by atoms with E-state index in [0.29, 0.717) is 23.0 Å². The molecule has 1 atom stereocenters. The van der Waals surface area contributed by atoms with Crippen LogP contribution >= 0.6 is 15.8 Å². The molecule has 0 spiro atoms. The SMILES string of the molecule is CN=P(N=[PH](Oc1ccccc1)Oc1ccccc1)(OC1=CCCC=C1)Oc1ccccc1. The molecule has 0 bridgehead atoms. The number of hydrogen-bond donors (Lipinski definition) is 0. The summed E-state index contributed by atoms with van der Waals surface area (Å²) in [5, 5.41) is 0. The third-order valence-corrected chi connectivity index (χ3v) is 8.40. The number of rotatable bonds is 9. The Hall–Kier alpha value is -3.20. The molecule has 1 aliphatic rings.